The van der Waals surface area contributed by atoms with Crippen molar-refractivity contribution in [2.45, 2.75) is 6.54 Å². The van der Waals surface area contributed by atoms with E-state index in [2.05, 4.69) is 21.2 Å². The van der Waals surface area contributed by atoms with E-state index in [4.69, 9.17) is 4.74 Å². The first-order chi connectivity index (χ1) is 16.2. The second-order valence-corrected chi connectivity index (χ2v) is 8.20. The molecule has 0 fully saturated rings. The molecule has 0 bridgehead atoms. The minimum Gasteiger partial charge on any atom is -0.482 e. The van der Waals surface area contributed by atoms with Crippen LogP contribution in [0, 0.1) is 20.2 Å². The molecule has 1 heterocycles. The highest BCUT2D eigenvalue weighted by molar-refractivity contribution is 9.10. The van der Waals surface area contributed by atoms with Crippen LogP contribution in [0.15, 0.2) is 65.1 Å². The molecule has 1 aliphatic rings. The molecule has 1 aliphatic heterocycles. The molecule has 0 spiro atoms. The van der Waals surface area contributed by atoms with Crippen molar-refractivity contribution < 1.29 is 24.2 Å². The quantitative estimate of drug-likeness (QED) is 0.368. The van der Waals surface area contributed by atoms with Gasteiger partial charge in [-0.15, -0.1) is 0 Å². The van der Waals surface area contributed by atoms with Crippen molar-refractivity contribution in [2.24, 2.45) is 0 Å². The molecule has 172 valence electrons. The van der Waals surface area contributed by atoms with Crippen LogP contribution in [0.2, 0.25) is 0 Å². The van der Waals surface area contributed by atoms with Gasteiger partial charge in [-0.2, -0.15) is 0 Å². The minimum absolute atomic E-state index is 0.132. The Kier molecular flexibility index (Phi) is 6.23. The number of hydrogen-bond acceptors (Lipinski definition) is 7. The predicted molar refractivity (Wildman–Crippen MR) is 125 cm³/mol. The van der Waals surface area contributed by atoms with Gasteiger partial charge in [0, 0.05) is 22.3 Å². The molecule has 0 unspecified atom stereocenters. The number of nitro groups is 2. The second-order valence-electron chi connectivity index (χ2n) is 7.28. The summed E-state index contributed by atoms with van der Waals surface area (Å²) in [6.45, 7) is 0.142. The maximum Gasteiger partial charge on any atom is 0.277 e. The lowest BCUT2D eigenvalue weighted by Gasteiger charge is -2.30. The van der Waals surface area contributed by atoms with Crippen molar-refractivity contribution in [3.8, 4) is 5.75 Å². The first-order valence-corrected chi connectivity index (χ1v) is 10.6. The van der Waals surface area contributed by atoms with E-state index < -0.39 is 27.1 Å². The highest BCUT2D eigenvalue weighted by atomic mass is 79.9. The summed E-state index contributed by atoms with van der Waals surface area (Å²) in [5, 5.41) is 24.8. The van der Waals surface area contributed by atoms with Crippen molar-refractivity contribution in [2.75, 3.05) is 16.8 Å². The summed E-state index contributed by atoms with van der Waals surface area (Å²) >= 11 is 3.37. The number of ether oxygens (including phenoxy) is 1. The van der Waals surface area contributed by atoms with E-state index >= 15 is 0 Å². The number of hydrogen-bond donors (Lipinski definition) is 1. The van der Waals surface area contributed by atoms with E-state index in [-0.39, 0.29) is 30.3 Å². The molecular weight excluding hydrogens is 512 g/mol. The van der Waals surface area contributed by atoms with Crippen LogP contribution in [0.1, 0.15) is 15.9 Å². The highest BCUT2D eigenvalue weighted by Gasteiger charge is 2.27. The van der Waals surface area contributed by atoms with E-state index in [1.165, 1.54) is 17.0 Å². The summed E-state index contributed by atoms with van der Waals surface area (Å²) in [6, 6.07) is 14.8. The third kappa shape index (κ3) is 4.86. The summed E-state index contributed by atoms with van der Waals surface area (Å²) in [4.78, 5) is 47.4. The number of nitrogens with zero attached hydrogens (tertiary/aromatic N) is 3. The number of carbonyl (C=O) groups is 2. The zero-order valence-corrected chi connectivity index (χ0v) is 18.9. The van der Waals surface area contributed by atoms with Crippen molar-refractivity contribution in [1.82, 2.24) is 0 Å². The van der Waals surface area contributed by atoms with E-state index in [1.807, 2.05) is 24.3 Å². The number of halogens is 1. The van der Waals surface area contributed by atoms with Crippen LogP contribution >= 0.6 is 15.9 Å². The van der Waals surface area contributed by atoms with Gasteiger partial charge in [-0.1, -0.05) is 28.1 Å². The summed E-state index contributed by atoms with van der Waals surface area (Å²) in [7, 11) is 0. The highest BCUT2D eigenvalue weighted by Crippen LogP contribution is 2.36. The molecule has 34 heavy (non-hydrogen) atoms. The lowest BCUT2D eigenvalue weighted by molar-refractivity contribution is -0.394. The molecule has 3 aromatic rings. The van der Waals surface area contributed by atoms with Gasteiger partial charge >= 0.3 is 0 Å². The van der Waals surface area contributed by atoms with Crippen molar-refractivity contribution in [1.29, 1.82) is 0 Å². The van der Waals surface area contributed by atoms with Gasteiger partial charge in [0.15, 0.2) is 6.61 Å². The number of anilines is 2. The van der Waals surface area contributed by atoms with E-state index in [9.17, 15) is 29.8 Å². The first-order valence-electron chi connectivity index (χ1n) is 9.78. The number of rotatable bonds is 6. The number of amides is 2. The molecule has 0 atom stereocenters. The van der Waals surface area contributed by atoms with Gasteiger partial charge in [0.25, 0.3) is 23.2 Å². The van der Waals surface area contributed by atoms with Gasteiger partial charge in [0.2, 0.25) is 0 Å². The Balaban J connectivity index is 1.62. The Hall–Kier alpha value is -4.32. The Morgan fingerprint density at radius 3 is 2.26 bits per heavy atom. The van der Waals surface area contributed by atoms with E-state index in [1.54, 1.807) is 6.07 Å². The van der Waals surface area contributed by atoms with Crippen molar-refractivity contribution in [3.05, 3.63) is 96.5 Å². The molecule has 0 aliphatic carbocycles. The van der Waals surface area contributed by atoms with Crippen molar-refractivity contribution in [3.63, 3.8) is 0 Å². The van der Waals surface area contributed by atoms with Gasteiger partial charge in [-0.05, 0) is 35.9 Å². The van der Waals surface area contributed by atoms with Gasteiger partial charge in [-0.25, -0.2) is 0 Å². The summed E-state index contributed by atoms with van der Waals surface area (Å²) in [5.74, 6) is -0.608. The Labute approximate surface area is 200 Å². The minimum atomic E-state index is -0.814. The van der Waals surface area contributed by atoms with Gasteiger partial charge in [-0.3, -0.25) is 29.8 Å². The molecule has 3 aromatic carbocycles. The Morgan fingerprint density at radius 2 is 1.65 bits per heavy atom. The van der Waals surface area contributed by atoms with Crippen molar-refractivity contribution >= 4 is 50.5 Å². The standard InChI is InChI=1S/C22H15BrN4O7/c23-15-3-1-13(2-4-15)11-25-19-9-16(5-6-20(19)34-12-21(25)28)24-22(29)14-7-17(26(30)31)10-18(8-14)27(32)33/h1-10H,11-12H2,(H,24,29). The molecule has 12 heteroatoms. The molecule has 2 amide bonds. The maximum absolute atomic E-state index is 12.7. The fourth-order valence-electron chi connectivity index (χ4n) is 3.37. The number of benzene rings is 3. The van der Waals surface area contributed by atoms with Gasteiger partial charge in [0.05, 0.1) is 33.7 Å². The number of non-ortho nitro benzene ring substituents is 2. The molecule has 1 N–H and O–H groups in total. The largest absolute Gasteiger partial charge is 0.482 e. The fraction of sp³-hybridized carbons (Fsp3) is 0.0909. The lowest BCUT2D eigenvalue weighted by atomic mass is 10.1. The lowest BCUT2D eigenvalue weighted by Crippen LogP contribution is -2.38. The molecule has 4 rings (SSSR count). The van der Waals surface area contributed by atoms with Crippen LogP contribution in [-0.4, -0.2) is 28.3 Å². The monoisotopic (exact) mass is 526 g/mol. The number of carbonyl (C=O) groups excluding carboxylic acids is 2. The average Bonchev–Trinajstić information content (AvgIpc) is 2.81. The van der Waals surface area contributed by atoms with Crippen LogP contribution < -0.4 is 15.0 Å². The maximum atomic E-state index is 12.7. The Bertz CT molecular complexity index is 1300. The van der Waals surface area contributed by atoms with Gasteiger partial charge < -0.3 is 15.0 Å². The molecule has 0 saturated heterocycles. The average molecular weight is 527 g/mol. The van der Waals surface area contributed by atoms with Crippen LogP contribution in [0.25, 0.3) is 0 Å². The third-order valence-electron chi connectivity index (χ3n) is 5.00. The normalized spacial score (nSPS) is 12.5. The van der Waals surface area contributed by atoms with Crippen LogP contribution in [-0.2, 0) is 11.3 Å². The zero-order valence-electron chi connectivity index (χ0n) is 17.3. The third-order valence-corrected chi connectivity index (χ3v) is 5.53. The molecule has 0 radical (unpaired) electrons. The molecular formula is C22H15BrN4O7. The summed E-state index contributed by atoms with van der Waals surface area (Å²) in [6.07, 6.45) is 0. The molecule has 0 saturated carbocycles. The number of nitrogens with one attached hydrogen (secondary N) is 1. The topological polar surface area (TPSA) is 145 Å². The summed E-state index contributed by atoms with van der Waals surface area (Å²) < 4.78 is 6.39. The van der Waals surface area contributed by atoms with Gasteiger partial charge in [0.1, 0.15) is 5.75 Å². The smallest absolute Gasteiger partial charge is 0.277 e. The van der Waals surface area contributed by atoms with Crippen LogP contribution in [0.3, 0.4) is 0 Å². The number of fused-ring (bicyclic) bond motifs is 1. The van der Waals surface area contributed by atoms with Crippen LogP contribution in [0.4, 0.5) is 22.7 Å². The first kappa shape index (κ1) is 22.9. The molecule has 11 nitrogen and oxygen atoms in total. The second kappa shape index (κ2) is 9.27. The number of nitro benzene ring substituents is 2. The zero-order chi connectivity index (χ0) is 24.4. The van der Waals surface area contributed by atoms with E-state index in [0.717, 1.165) is 28.2 Å². The van der Waals surface area contributed by atoms with Crippen LogP contribution in [0.5, 0.6) is 5.75 Å². The SMILES string of the molecule is O=C(Nc1ccc2c(c1)N(Cc1ccc(Br)cc1)C(=O)CO2)c1cc([N+](=O)[O-])cc([N+](=O)[O-])c1. The predicted octanol–water partition coefficient (Wildman–Crippen LogP) is 4.44. The molecule has 0 aromatic heterocycles. The Morgan fingerprint density at radius 1 is 1.00 bits per heavy atom. The fourth-order valence-corrected chi connectivity index (χ4v) is 3.63. The summed E-state index contributed by atoms with van der Waals surface area (Å²) in [5.41, 5.74) is 0.174. The van der Waals surface area contributed by atoms with E-state index in [0.29, 0.717) is 11.4 Å².